The van der Waals surface area contributed by atoms with E-state index in [0.29, 0.717) is 5.41 Å². The van der Waals surface area contributed by atoms with Crippen molar-refractivity contribution in [3.63, 3.8) is 0 Å². The highest BCUT2D eigenvalue weighted by molar-refractivity contribution is 5.15. The predicted octanol–water partition coefficient (Wildman–Crippen LogP) is 3.58. The van der Waals surface area contributed by atoms with Gasteiger partial charge in [-0.2, -0.15) is 0 Å². The van der Waals surface area contributed by atoms with Crippen molar-refractivity contribution in [2.75, 3.05) is 27.2 Å². The number of hydrogen-bond acceptors (Lipinski definition) is 3. The SMILES string of the molecule is CNCC1(CN(C)Cc2ccoc2C)CCCCCC1. The smallest absolute Gasteiger partial charge is 0.105 e. The fraction of sp³-hybridized carbons (Fsp3) is 0.765. The first kappa shape index (κ1) is 15.6. The zero-order valence-electron chi connectivity index (χ0n) is 13.4. The monoisotopic (exact) mass is 278 g/mol. The third-order valence-corrected chi connectivity index (χ3v) is 4.73. The lowest BCUT2D eigenvalue weighted by molar-refractivity contribution is 0.144. The minimum Gasteiger partial charge on any atom is -0.469 e. The Morgan fingerprint density at radius 1 is 1.25 bits per heavy atom. The van der Waals surface area contributed by atoms with Crippen LogP contribution in [0.15, 0.2) is 16.7 Å². The number of nitrogens with one attached hydrogen (secondary N) is 1. The van der Waals surface area contributed by atoms with Gasteiger partial charge >= 0.3 is 0 Å². The Morgan fingerprint density at radius 2 is 1.95 bits per heavy atom. The highest BCUT2D eigenvalue weighted by Gasteiger charge is 2.31. The summed E-state index contributed by atoms with van der Waals surface area (Å²) in [6.45, 7) is 5.37. The van der Waals surface area contributed by atoms with Gasteiger partial charge in [0.25, 0.3) is 0 Å². The molecule has 1 aromatic rings. The minimum absolute atomic E-state index is 0.456. The van der Waals surface area contributed by atoms with Crippen LogP contribution < -0.4 is 5.32 Å². The van der Waals surface area contributed by atoms with Crippen LogP contribution in [0.3, 0.4) is 0 Å². The average Bonchev–Trinajstić information content (AvgIpc) is 2.67. The first-order valence-electron chi connectivity index (χ1n) is 8.01. The number of aryl methyl sites for hydroxylation is 1. The van der Waals surface area contributed by atoms with Crippen LogP contribution in [-0.4, -0.2) is 32.1 Å². The second-order valence-electron chi connectivity index (χ2n) is 6.62. The van der Waals surface area contributed by atoms with Gasteiger partial charge < -0.3 is 14.6 Å². The van der Waals surface area contributed by atoms with Crippen LogP contribution in [0.1, 0.15) is 49.8 Å². The van der Waals surface area contributed by atoms with Crippen LogP contribution in [-0.2, 0) is 6.54 Å². The van der Waals surface area contributed by atoms with E-state index in [4.69, 9.17) is 4.42 Å². The number of hydrogen-bond donors (Lipinski definition) is 1. The van der Waals surface area contributed by atoms with Crippen LogP contribution >= 0.6 is 0 Å². The molecular formula is C17H30N2O. The molecule has 1 N–H and O–H groups in total. The number of nitrogens with zero attached hydrogens (tertiary/aromatic N) is 1. The molecule has 1 aromatic heterocycles. The molecule has 1 heterocycles. The molecular weight excluding hydrogens is 248 g/mol. The van der Waals surface area contributed by atoms with Gasteiger partial charge in [0.1, 0.15) is 5.76 Å². The summed E-state index contributed by atoms with van der Waals surface area (Å²) in [5.41, 5.74) is 1.78. The largest absolute Gasteiger partial charge is 0.469 e. The summed E-state index contributed by atoms with van der Waals surface area (Å²) in [5.74, 6) is 1.06. The quantitative estimate of drug-likeness (QED) is 0.806. The van der Waals surface area contributed by atoms with Crippen LogP contribution in [0, 0.1) is 12.3 Å². The van der Waals surface area contributed by atoms with Crippen molar-refractivity contribution in [3.8, 4) is 0 Å². The van der Waals surface area contributed by atoms with Gasteiger partial charge in [0, 0.05) is 25.2 Å². The first-order chi connectivity index (χ1) is 9.65. The molecule has 0 aliphatic heterocycles. The topological polar surface area (TPSA) is 28.4 Å². The number of rotatable bonds is 6. The molecule has 0 radical (unpaired) electrons. The number of furan rings is 1. The van der Waals surface area contributed by atoms with Crippen LogP contribution in [0.5, 0.6) is 0 Å². The van der Waals surface area contributed by atoms with Crippen molar-refractivity contribution < 1.29 is 4.42 Å². The summed E-state index contributed by atoms with van der Waals surface area (Å²) < 4.78 is 5.41. The van der Waals surface area contributed by atoms with Gasteiger partial charge in [-0.05, 0) is 45.3 Å². The summed E-state index contributed by atoms with van der Waals surface area (Å²) in [6.07, 6.45) is 10.1. The van der Waals surface area contributed by atoms with E-state index in [1.807, 2.05) is 0 Å². The molecule has 0 spiro atoms. The van der Waals surface area contributed by atoms with E-state index in [0.717, 1.165) is 18.8 Å². The van der Waals surface area contributed by atoms with Gasteiger partial charge in [-0.15, -0.1) is 0 Å². The van der Waals surface area contributed by atoms with Gasteiger partial charge in [0.15, 0.2) is 0 Å². The molecule has 0 unspecified atom stereocenters. The van der Waals surface area contributed by atoms with Crippen LogP contribution in [0.2, 0.25) is 0 Å². The zero-order chi connectivity index (χ0) is 14.4. The third-order valence-electron chi connectivity index (χ3n) is 4.73. The molecule has 1 aliphatic rings. The molecule has 1 fully saturated rings. The maximum atomic E-state index is 5.41. The van der Waals surface area contributed by atoms with Crippen molar-refractivity contribution in [2.45, 2.75) is 52.0 Å². The Labute approximate surface area is 123 Å². The van der Waals surface area contributed by atoms with Crippen molar-refractivity contribution >= 4 is 0 Å². The molecule has 0 saturated heterocycles. The maximum Gasteiger partial charge on any atom is 0.105 e. The van der Waals surface area contributed by atoms with E-state index in [1.54, 1.807) is 6.26 Å². The van der Waals surface area contributed by atoms with Crippen LogP contribution in [0.25, 0.3) is 0 Å². The minimum atomic E-state index is 0.456. The van der Waals surface area contributed by atoms with E-state index in [9.17, 15) is 0 Å². The van der Waals surface area contributed by atoms with E-state index < -0.39 is 0 Å². The highest BCUT2D eigenvalue weighted by atomic mass is 16.3. The normalized spacial score (nSPS) is 19.2. The fourth-order valence-corrected chi connectivity index (χ4v) is 3.74. The maximum absolute atomic E-state index is 5.41. The molecule has 20 heavy (non-hydrogen) atoms. The Hall–Kier alpha value is -0.800. The van der Waals surface area contributed by atoms with Crippen molar-refractivity contribution in [2.24, 2.45) is 5.41 Å². The Morgan fingerprint density at radius 3 is 2.50 bits per heavy atom. The van der Waals surface area contributed by atoms with E-state index in [1.165, 1.54) is 50.6 Å². The first-order valence-corrected chi connectivity index (χ1v) is 8.01. The highest BCUT2D eigenvalue weighted by Crippen LogP contribution is 2.35. The molecule has 1 aliphatic carbocycles. The van der Waals surface area contributed by atoms with Gasteiger partial charge in [-0.3, -0.25) is 0 Å². The van der Waals surface area contributed by atoms with Gasteiger partial charge in [-0.25, -0.2) is 0 Å². The van der Waals surface area contributed by atoms with Crippen molar-refractivity contribution in [3.05, 3.63) is 23.7 Å². The van der Waals surface area contributed by atoms with Crippen LogP contribution in [0.4, 0.5) is 0 Å². The summed E-state index contributed by atoms with van der Waals surface area (Å²) in [6, 6.07) is 2.10. The third kappa shape index (κ3) is 4.10. The summed E-state index contributed by atoms with van der Waals surface area (Å²) >= 11 is 0. The Balaban J connectivity index is 1.97. The zero-order valence-corrected chi connectivity index (χ0v) is 13.4. The summed E-state index contributed by atoms with van der Waals surface area (Å²) in [5, 5.41) is 3.44. The van der Waals surface area contributed by atoms with Gasteiger partial charge in [0.05, 0.1) is 6.26 Å². The molecule has 1 saturated carbocycles. The molecule has 0 atom stereocenters. The molecule has 2 rings (SSSR count). The lowest BCUT2D eigenvalue weighted by Crippen LogP contribution is -2.41. The van der Waals surface area contributed by atoms with Gasteiger partial charge in [0.2, 0.25) is 0 Å². The average molecular weight is 278 g/mol. The molecule has 3 nitrogen and oxygen atoms in total. The van der Waals surface area contributed by atoms with Crippen molar-refractivity contribution in [1.29, 1.82) is 0 Å². The molecule has 3 heteroatoms. The lowest BCUT2D eigenvalue weighted by atomic mass is 9.79. The molecule has 0 bridgehead atoms. The van der Waals surface area contributed by atoms with E-state index in [2.05, 4.69) is 37.3 Å². The predicted molar refractivity (Wildman–Crippen MR) is 83.8 cm³/mol. The Kier molecular flexibility index (Phi) is 5.67. The second-order valence-corrected chi connectivity index (χ2v) is 6.62. The molecule has 0 amide bonds. The van der Waals surface area contributed by atoms with Crippen molar-refractivity contribution in [1.82, 2.24) is 10.2 Å². The summed E-state index contributed by atoms with van der Waals surface area (Å²) in [7, 11) is 4.33. The van der Waals surface area contributed by atoms with Gasteiger partial charge in [-0.1, -0.05) is 25.7 Å². The van der Waals surface area contributed by atoms with E-state index >= 15 is 0 Å². The standard InChI is InChI=1S/C17H30N2O/c1-15-16(8-11-20-15)12-19(3)14-17(13-18-2)9-6-4-5-7-10-17/h8,11,18H,4-7,9-10,12-14H2,1-3H3. The molecule has 0 aromatic carbocycles. The lowest BCUT2D eigenvalue weighted by Gasteiger charge is -2.36. The molecule has 114 valence electrons. The van der Waals surface area contributed by atoms with E-state index in [-0.39, 0.29) is 0 Å². The summed E-state index contributed by atoms with van der Waals surface area (Å²) in [4.78, 5) is 2.47. The fourth-order valence-electron chi connectivity index (χ4n) is 3.74. The second kappa shape index (κ2) is 7.28. The Bertz CT molecular complexity index is 391.